The van der Waals surface area contributed by atoms with E-state index in [0.717, 1.165) is 6.92 Å². The Morgan fingerprint density at radius 1 is 0.821 bits per heavy atom. The first kappa shape index (κ1) is 54.4. The molecule has 3 aromatic rings. The van der Waals surface area contributed by atoms with E-state index in [1.54, 1.807) is 47.3 Å². The predicted molar refractivity (Wildman–Crippen MR) is 234 cm³/mol. The van der Waals surface area contributed by atoms with Crippen LogP contribution in [0.4, 0.5) is 0 Å². The average molecular weight is 949 g/mol. The third kappa shape index (κ3) is 19.9. The molecule has 372 valence electrons. The number of rotatable bonds is 34. The van der Waals surface area contributed by atoms with Crippen molar-refractivity contribution in [2.75, 3.05) is 92.4 Å². The number of amides is 3. The molecule has 0 saturated carbocycles. The van der Waals surface area contributed by atoms with Gasteiger partial charge in [0.25, 0.3) is 11.7 Å². The second kappa shape index (κ2) is 30.3. The van der Waals surface area contributed by atoms with Gasteiger partial charge in [-0.15, -0.1) is 5.10 Å². The van der Waals surface area contributed by atoms with Gasteiger partial charge in [-0.2, -0.15) is 0 Å². The Hall–Kier alpha value is -5.18. The van der Waals surface area contributed by atoms with Crippen LogP contribution in [0.15, 0.2) is 60.8 Å². The van der Waals surface area contributed by atoms with E-state index in [2.05, 4.69) is 26.3 Å². The lowest BCUT2D eigenvalue weighted by atomic mass is 9.88. The Labute approximate surface area is 388 Å². The molecular weight excluding hydrogens is 885 g/mol. The first-order chi connectivity index (χ1) is 32.4. The topological polar surface area (TPSA) is 299 Å². The van der Waals surface area contributed by atoms with Gasteiger partial charge in [0.1, 0.15) is 29.4 Å². The number of aromatic nitrogens is 3. The van der Waals surface area contributed by atoms with Crippen LogP contribution in [0.1, 0.15) is 42.7 Å². The van der Waals surface area contributed by atoms with Crippen molar-refractivity contribution < 1.29 is 82.2 Å². The molecule has 7 N–H and O–H groups in total. The lowest BCUT2D eigenvalue weighted by Crippen LogP contribution is -2.68. The summed E-state index contributed by atoms with van der Waals surface area (Å²) in [6, 6.07) is 13.8. The van der Waals surface area contributed by atoms with E-state index in [1.807, 2.05) is 13.0 Å². The van der Waals surface area contributed by atoms with Gasteiger partial charge >= 0.3 is 5.97 Å². The molecule has 0 radical (unpaired) electrons. The molecule has 6 atom stereocenters. The lowest BCUT2D eigenvalue weighted by Gasteiger charge is -2.46. The average Bonchev–Trinajstić information content (AvgIpc) is 3.77. The van der Waals surface area contributed by atoms with E-state index in [9.17, 15) is 39.6 Å². The number of hydrogen-bond donors (Lipinski definition) is 7. The van der Waals surface area contributed by atoms with E-state index in [1.165, 1.54) is 12.1 Å². The van der Waals surface area contributed by atoms with Crippen LogP contribution in [0.3, 0.4) is 0 Å². The standard InChI is InChI=1S/C44H64N6O17/c1-3-45-38(54)12-14-59-16-18-61-20-21-62-19-17-60-15-13-50-29-33(48-49-50)30-64-23-22-63-24-25-65-44(43(57)58)27-36(52)39(47-31(2)51)41(67-44)40(55)37(53)28-46-42(56)32-8-7-11-35(26-32)66-34-9-5-4-6-10-34/h4-11,26,29,36-37,39-41,52-53,55H,3,12-25,27-28,30H2,1-2H3,(H,45,54)(H,46,56)(H,47,51)(H,57,58)/t36-,37+,39+,40+,41+,44-/m0/s1. The second-order valence-corrected chi connectivity index (χ2v) is 15.0. The normalized spacial score (nSPS) is 19.0. The molecule has 1 aromatic heterocycles. The summed E-state index contributed by atoms with van der Waals surface area (Å²) in [6.45, 7) is 6.72. The highest BCUT2D eigenvalue weighted by molar-refractivity contribution is 5.94. The fourth-order valence-electron chi connectivity index (χ4n) is 6.46. The van der Waals surface area contributed by atoms with Crippen molar-refractivity contribution in [1.29, 1.82) is 0 Å². The summed E-state index contributed by atoms with van der Waals surface area (Å²) in [5.74, 6) is -4.47. The maximum Gasteiger partial charge on any atom is 0.364 e. The molecule has 1 aliphatic heterocycles. The summed E-state index contributed by atoms with van der Waals surface area (Å²) in [7, 11) is 0. The number of hydrogen-bond acceptors (Lipinski definition) is 18. The highest BCUT2D eigenvalue weighted by Gasteiger charge is 2.55. The molecule has 0 aliphatic carbocycles. The Morgan fingerprint density at radius 3 is 2.10 bits per heavy atom. The minimum absolute atomic E-state index is 0.0374. The van der Waals surface area contributed by atoms with E-state index in [-0.39, 0.29) is 44.5 Å². The maximum absolute atomic E-state index is 13.0. The van der Waals surface area contributed by atoms with Crippen molar-refractivity contribution in [3.8, 4) is 11.5 Å². The third-order valence-electron chi connectivity index (χ3n) is 9.75. The van der Waals surface area contributed by atoms with Crippen molar-refractivity contribution in [1.82, 2.24) is 30.9 Å². The van der Waals surface area contributed by atoms with Crippen molar-refractivity contribution in [2.24, 2.45) is 0 Å². The zero-order valence-electron chi connectivity index (χ0n) is 37.8. The summed E-state index contributed by atoms with van der Waals surface area (Å²) < 4.78 is 51.8. The fraction of sp³-hybridized carbons (Fsp3) is 0.591. The van der Waals surface area contributed by atoms with E-state index < -0.39 is 67.0 Å². The number of benzene rings is 2. The van der Waals surface area contributed by atoms with Gasteiger partial charge in [0.05, 0.1) is 117 Å². The number of nitrogens with zero attached hydrogens (tertiary/aromatic N) is 3. The highest BCUT2D eigenvalue weighted by Crippen LogP contribution is 2.33. The van der Waals surface area contributed by atoms with Crippen LogP contribution in [-0.2, 0) is 65.4 Å². The number of carbonyl (C=O) groups is 4. The smallest absolute Gasteiger partial charge is 0.364 e. The summed E-state index contributed by atoms with van der Waals surface area (Å²) in [4.78, 5) is 49.0. The van der Waals surface area contributed by atoms with Gasteiger partial charge in [-0.05, 0) is 37.3 Å². The van der Waals surface area contributed by atoms with Gasteiger partial charge in [0.15, 0.2) is 0 Å². The summed E-state index contributed by atoms with van der Waals surface area (Å²) in [5.41, 5.74) is 0.770. The fourth-order valence-corrected chi connectivity index (χ4v) is 6.46. The molecule has 67 heavy (non-hydrogen) atoms. The molecule has 23 heteroatoms. The number of carboxylic acids is 1. The first-order valence-electron chi connectivity index (χ1n) is 22.0. The molecule has 3 amide bonds. The number of aliphatic hydroxyl groups is 3. The predicted octanol–water partition coefficient (Wildman–Crippen LogP) is -0.200. The minimum Gasteiger partial charge on any atom is -0.477 e. The molecule has 2 heterocycles. The zero-order valence-corrected chi connectivity index (χ0v) is 37.8. The van der Waals surface area contributed by atoms with Gasteiger partial charge < -0.3 is 79.0 Å². The van der Waals surface area contributed by atoms with Crippen LogP contribution < -0.4 is 20.7 Å². The van der Waals surface area contributed by atoms with Crippen LogP contribution in [0.5, 0.6) is 11.5 Å². The number of carboxylic acid groups (broad SMARTS) is 1. The molecule has 23 nitrogen and oxygen atoms in total. The molecule has 2 aromatic carbocycles. The maximum atomic E-state index is 13.0. The van der Waals surface area contributed by atoms with E-state index in [0.29, 0.717) is 89.6 Å². The van der Waals surface area contributed by atoms with Crippen molar-refractivity contribution >= 4 is 23.7 Å². The van der Waals surface area contributed by atoms with Gasteiger partial charge in [0, 0.05) is 38.4 Å². The van der Waals surface area contributed by atoms with Crippen LogP contribution in [0.25, 0.3) is 0 Å². The van der Waals surface area contributed by atoms with E-state index in [4.69, 9.17) is 42.6 Å². The number of para-hydroxylation sites is 1. The Balaban J connectivity index is 1.10. The number of carbonyl (C=O) groups excluding carboxylic acids is 3. The Kier molecular flexibility index (Phi) is 24.6. The van der Waals surface area contributed by atoms with Crippen LogP contribution in [-0.4, -0.2) is 188 Å². The first-order valence-corrected chi connectivity index (χ1v) is 22.0. The van der Waals surface area contributed by atoms with Gasteiger partial charge in [-0.1, -0.05) is 29.5 Å². The number of aliphatic carboxylic acids is 1. The summed E-state index contributed by atoms with van der Waals surface area (Å²) in [6.07, 6.45) is -5.58. The Morgan fingerprint density at radius 2 is 1.45 bits per heavy atom. The highest BCUT2D eigenvalue weighted by atomic mass is 16.7. The summed E-state index contributed by atoms with van der Waals surface area (Å²) >= 11 is 0. The second-order valence-electron chi connectivity index (χ2n) is 15.0. The SMILES string of the molecule is CCNC(=O)CCOCCOCCOCCOCCn1cc(COCCOCCO[C@@]2(C(=O)O)C[C@H](O)[C@@H](NC(C)=O)[C@H]([C@H](O)[C@H](O)CNC(=O)c3cccc(Oc4ccccc4)c3)O2)nn1. The van der Waals surface area contributed by atoms with Crippen molar-refractivity contribution in [2.45, 2.75) is 76.1 Å². The van der Waals surface area contributed by atoms with Crippen LogP contribution in [0.2, 0.25) is 0 Å². The van der Waals surface area contributed by atoms with Crippen LogP contribution in [0, 0.1) is 0 Å². The summed E-state index contributed by atoms with van der Waals surface area (Å²) in [5, 5.41) is 59.2. The monoisotopic (exact) mass is 948 g/mol. The quantitative estimate of drug-likeness (QED) is 0.0382. The van der Waals surface area contributed by atoms with Gasteiger partial charge in [-0.3, -0.25) is 14.4 Å². The zero-order chi connectivity index (χ0) is 48.3. The Bertz CT molecular complexity index is 1910. The lowest BCUT2D eigenvalue weighted by molar-refractivity contribution is -0.312. The largest absolute Gasteiger partial charge is 0.477 e. The molecule has 0 unspecified atom stereocenters. The molecule has 0 bridgehead atoms. The molecule has 1 aliphatic rings. The molecular formula is C44H64N6O17. The molecule has 4 rings (SSSR count). The van der Waals surface area contributed by atoms with Crippen molar-refractivity contribution in [3.05, 3.63) is 72.1 Å². The number of ether oxygens (including phenoxy) is 9. The molecule has 1 saturated heterocycles. The van der Waals surface area contributed by atoms with E-state index >= 15 is 0 Å². The van der Waals surface area contributed by atoms with Crippen molar-refractivity contribution in [3.63, 3.8) is 0 Å². The van der Waals surface area contributed by atoms with Crippen LogP contribution >= 0.6 is 0 Å². The van der Waals surface area contributed by atoms with Gasteiger partial charge in [0.2, 0.25) is 11.8 Å². The number of nitrogens with one attached hydrogen (secondary N) is 3. The minimum atomic E-state index is -2.50. The third-order valence-corrected chi connectivity index (χ3v) is 9.75. The number of aliphatic hydroxyl groups excluding tert-OH is 3. The molecule has 1 fully saturated rings. The van der Waals surface area contributed by atoms with Gasteiger partial charge in [-0.25, -0.2) is 9.48 Å². The molecule has 0 spiro atoms.